The van der Waals surface area contributed by atoms with Crippen molar-refractivity contribution in [3.8, 4) is 0 Å². The molecule has 104 valence electrons. The van der Waals surface area contributed by atoms with Gasteiger partial charge in [-0.3, -0.25) is 0 Å². The number of likely N-dealkylation sites (tertiary alicyclic amines) is 1. The first kappa shape index (κ1) is 14.7. The van der Waals surface area contributed by atoms with Crippen LogP contribution in [0.15, 0.2) is 0 Å². The second-order valence-corrected chi connectivity index (χ2v) is 4.45. The Morgan fingerprint density at radius 2 is 2.11 bits per heavy atom. The third kappa shape index (κ3) is 4.50. The van der Waals surface area contributed by atoms with Gasteiger partial charge in [0.05, 0.1) is 0 Å². The number of carboxylic acid groups (broad SMARTS) is 1. The number of carbonyl (C=O) groups excluding carboxylic acids is 1. The molecule has 1 aliphatic rings. The zero-order valence-corrected chi connectivity index (χ0v) is 10.6. The van der Waals surface area contributed by atoms with Crippen LogP contribution in [-0.4, -0.2) is 60.9 Å². The van der Waals surface area contributed by atoms with E-state index < -0.39 is 12.0 Å². The quantitative estimate of drug-likeness (QED) is 0.623. The summed E-state index contributed by atoms with van der Waals surface area (Å²) in [4.78, 5) is 24.4. The minimum Gasteiger partial charge on any atom is -0.480 e. The molecule has 1 aliphatic heterocycles. The van der Waals surface area contributed by atoms with Crippen LogP contribution in [-0.2, 0) is 9.53 Å². The van der Waals surface area contributed by atoms with Crippen molar-refractivity contribution in [3.05, 3.63) is 0 Å². The molecule has 1 heterocycles. The van der Waals surface area contributed by atoms with E-state index in [1.807, 2.05) is 0 Å². The van der Waals surface area contributed by atoms with Gasteiger partial charge in [0.25, 0.3) is 0 Å². The highest BCUT2D eigenvalue weighted by atomic mass is 16.5. The van der Waals surface area contributed by atoms with Crippen LogP contribution in [0.4, 0.5) is 4.79 Å². The molecular weight excluding hydrogens is 238 g/mol. The summed E-state index contributed by atoms with van der Waals surface area (Å²) in [6, 6.07) is -1.11. The van der Waals surface area contributed by atoms with Crippen LogP contribution < -0.4 is 11.1 Å². The van der Waals surface area contributed by atoms with Gasteiger partial charge in [-0.2, -0.15) is 0 Å². The number of carboxylic acids is 1. The Balaban J connectivity index is 2.42. The van der Waals surface area contributed by atoms with Crippen LogP contribution in [0.5, 0.6) is 0 Å². The highest BCUT2D eigenvalue weighted by molar-refractivity contribution is 5.82. The number of carbonyl (C=O) groups is 2. The first-order valence-electron chi connectivity index (χ1n) is 6.07. The van der Waals surface area contributed by atoms with E-state index in [1.54, 1.807) is 4.90 Å². The Bertz CT molecular complexity index is 290. The smallest absolute Gasteiger partial charge is 0.326 e. The van der Waals surface area contributed by atoms with Crippen LogP contribution in [0.3, 0.4) is 0 Å². The molecule has 0 radical (unpaired) electrons. The third-order valence-electron chi connectivity index (χ3n) is 3.03. The monoisotopic (exact) mass is 259 g/mol. The van der Waals surface area contributed by atoms with E-state index in [1.165, 1.54) is 7.11 Å². The Morgan fingerprint density at radius 1 is 1.50 bits per heavy atom. The molecule has 0 bridgehead atoms. The Kier molecular flexibility index (Phi) is 5.87. The molecule has 0 spiro atoms. The number of nitrogens with zero attached hydrogens (tertiary/aromatic N) is 1. The average Bonchev–Trinajstić information content (AvgIpc) is 2.34. The Labute approximate surface area is 106 Å². The predicted molar refractivity (Wildman–Crippen MR) is 65.2 cm³/mol. The maximum atomic E-state index is 11.9. The van der Waals surface area contributed by atoms with Crippen molar-refractivity contribution < 1.29 is 19.4 Å². The van der Waals surface area contributed by atoms with Crippen molar-refractivity contribution in [1.29, 1.82) is 0 Å². The fourth-order valence-electron chi connectivity index (χ4n) is 1.84. The molecule has 4 N–H and O–H groups in total. The molecule has 0 aromatic heterocycles. The number of ether oxygens (including phenoxy) is 1. The molecule has 1 unspecified atom stereocenters. The lowest BCUT2D eigenvalue weighted by atomic mass is 10.1. The van der Waals surface area contributed by atoms with Crippen molar-refractivity contribution in [1.82, 2.24) is 10.2 Å². The van der Waals surface area contributed by atoms with E-state index in [-0.39, 0.29) is 18.5 Å². The van der Waals surface area contributed by atoms with Crippen molar-refractivity contribution in [2.75, 3.05) is 26.8 Å². The Hall–Kier alpha value is -1.34. The molecule has 0 aromatic carbocycles. The molecule has 1 rings (SSSR count). The van der Waals surface area contributed by atoms with Gasteiger partial charge in [-0.25, -0.2) is 9.59 Å². The fourth-order valence-corrected chi connectivity index (χ4v) is 1.84. The van der Waals surface area contributed by atoms with Gasteiger partial charge in [0.2, 0.25) is 0 Å². The number of piperidine rings is 1. The topological polar surface area (TPSA) is 105 Å². The van der Waals surface area contributed by atoms with Gasteiger partial charge in [0.15, 0.2) is 0 Å². The molecule has 7 heteroatoms. The summed E-state index contributed by atoms with van der Waals surface area (Å²) < 4.78 is 4.82. The second-order valence-electron chi connectivity index (χ2n) is 4.45. The fraction of sp³-hybridized carbons (Fsp3) is 0.818. The normalized spacial score (nSPS) is 18.4. The number of amides is 2. The van der Waals surface area contributed by atoms with E-state index in [9.17, 15) is 9.59 Å². The highest BCUT2D eigenvalue weighted by Crippen LogP contribution is 2.08. The summed E-state index contributed by atoms with van der Waals surface area (Å²) in [6.07, 6.45) is 1.76. The van der Waals surface area contributed by atoms with Crippen molar-refractivity contribution in [2.45, 2.75) is 31.3 Å². The molecule has 7 nitrogen and oxygen atoms in total. The zero-order valence-electron chi connectivity index (χ0n) is 10.6. The van der Waals surface area contributed by atoms with Crippen LogP contribution in [0.25, 0.3) is 0 Å². The predicted octanol–water partition coefficient (Wildman–Crippen LogP) is -0.391. The molecule has 2 amide bonds. The number of urea groups is 1. The summed E-state index contributed by atoms with van der Waals surface area (Å²) in [5, 5.41) is 11.5. The van der Waals surface area contributed by atoms with Crippen LogP contribution in [0.1, 0.15) is 19.3 Å². The number of methoxy groups -OCH3 is 1. The summed E-state index contributed by atoms with van der Waals surface area (Å²) >= 11 is 0. The molecule has 0 aliphatic carbocycles. The number of nitrogens with one attached hydrogen (secondary N) is 1. The lowest BCUT2D eigenvalue weighted by Crippen LogP contribution is -2.51. The molecule has 0 saturated carbocycles. The van der Waals surface area contributed by atoms with Gasteiger partial charge < -0.3 is 25.8 Å². The van der Waals surface area contributed by atoms with Crippen molar-refractivity contribution >= 4 is 12.0 Å². The largest absolute Gasteiger partial charge is 0.480 e. The minimum atomic E-state index is -1.05. The van der Waals surface area contributed by atoms with Gasteiger partial charge in [0.1, 0.15) is 6.04 Å². The number of aliphatic carboxylic acids is 1. The van der Waals surface area contributed by atoms with Gasteiger partial charge in [-0.1, -0.05) is 0 Å². The summed E-state index contributed by atoms with van der Waals surface area (Å²) in [5.74, 6) is -1.05. The summed E-state index contributed by atoms with van der Waals surface area (Å²) in [7, 11) is 1.49. The molecule has 0 aromatic rings. The number of rotatable bonds is 5. The Morgan fingerprint density at radius 3 is 2.61 bits per heavy atom. The first-order valence-corrected chi connectivity index (χ1v) is 6.07. The highest BCUT2D eigenvalue weighted by Gasteiger charge is 2.25. The third-order valence-corrected chi connectivity index (χ3v) is 3.03. The maximum absolute atomic E-state index is 11.9. The van der Waals surface area contributed by atoms with Crippen LogP contribution in [0.2, 0.25) is 0 Å². The SMILES string of the molecule is COCCC(NC(=O)N1CCC(N)CC1)C(=O)O. The summed E-state index contributed by atoms with van der Waals surface area (Å²) in [6.45, 7) is 1.44. The number of hydrogen-bond donors (Lipinski definition) is 3. The maximum Gasteiger partial charge on any atom is 0.326 e. The molecule has 1 fully saturated rings. The minimum absolute atomic E-state index is 0.137. The molecule has 18 heavy (non-hydrogen) atoms. The average molecular weight is 259 g/mol. The van der Waals surface area contributed by atoms with E-state index >= 15 is 0 Å². The van der Waals surface area contributed by atoms with Gasteiger partial charge in [-0.15, -0.1) is 0 Å². The summed E-state index contributed by atoms with van der Waals surface area (Å²) in [5.41, 5.74) is 5.74. The number of hydrogen-bond acceptors (Lipinski definition) is 4. The van der Waals surface area contributed by atoms with Crippen LogP contribution >= 0.6 is 0 Å². The second kappa shape index (κ2) is 7.17. The number of nitrogens with two attached hydrogens (primary N) is 1. The van der Waals surface area contributed by atoms with Gasteiger partial charge in [0, 0.05) is 39.3 Å². The van der Waals surface area contributed by atoms with E-state index in [4.69, 9.17) is 15.6 Å². The lowest BCUT2D eigenvalue weighted by Gasteiger charge is -2.31. The van der Waals surface area contributed by atoms with E-state index in [0.29, 0.717) is 19.7 Å². The lowest BCUT2D eigenvalue weighted by molar-refractivity contribution is -0.139. The molecule has 1 atom stereocenters. The first-order chi connectivity index (χ1) is 8.54. The van der Waals surface area contributed by atoms with Gasteiger partial charge >= 0.3 is 12.0 Å². The molecular formula is C11H21N3O4. The van der Waals surface area contributed by atoms with Crippen LogP contribution in [0, 0.1) is 0 Å². The van der Waals surface area contributed by atoms with E-state index in [0.717, 1.165) is 12.8 Å². The van der Waals surface area contributed by atoms with E-state index in [2.05, 4.69) is 5.32 Å². The zero-order chi connectivity index (χ0) is 13.5. The van der Waals surface area contributed by atoms with Crippen molar-refractivity contribution in [2.24, 2.45) is 5.73 Å². The standard InChI is InChI=1S/C11H21N3O4/c1-18-7-4-9(10(15)16)13-11(17)14-5-2-8(12)3-6-14/h8-9H,2-7,12H2,1H3,(H,13,17)(H,15,16). The molecule has 1 saturated heterocycles. The van der Waals surface area contributed by atoms with Crippen molar-refractivity contribution in [3.63, 3.8) is 0 Å². The van der Waals surface area contributed by atoms with Gasteiger partial charge in [-0.05, 0) is 12.8 Å².